The molecular formula is C13H8Cl4FN. The Hall–Kier alpha value is -0.670. The van der Waals surface area contributed by atoms with Gasteiger partial charge in [-0.2, -0.15) is 0 Å². The smallest absolute Gasteiger partial charge is 0.125 e. The molecule has 0 aromatic heterocycles. The van der Waals surface area contributed by atoms with Crippen LogP contribution in [0.25, 0.3) is 0 Å². The van der Waals surface area contributed by atoms with E-state index in [0.717, 1.165) is 0 Å². The molecule has 0 fully saturated rings. The Kier molecular flexibility index (Phi) is 4.80. The van der Waals surface area contributed by atoms with Crippen LogP contribution in [0.15, 0.2) is 30.3 Å². The van der Waals surface area contributed by atoms with Gasteiger partial charge in [-0.3, -0.25) is 0 Å². The van der Waals surface area contributed by atoms with E-state index in [9.17, 15) is 4.39 Å². The second kappa shape index (κ2) is 6.19. The van der Waals surface area contributed by atoms with E-state index >= 15 is 0 Å². The monoisotopic (exact) mass is 337 g/mol. The van der Waals surface area contributed by atoms with Crippen LogP contribution in [0, 0.1) is 5.82 Å². The molecule has 2 aromatic rings. The maximum atomic E-state index is 13.2. The maximum Gasteiger partial charge on any atom is 0.125 e. The van der Waals surface area contributed by atoms with E-state index in [4.69, 9.17) is 46.4 Å². The predicted molar refractivity (Wildman–Crippen MR) is 80.2 cm³/mol. The van der Waals surface area contributed by atoms with E-state index in [2.05, 4.69) is 5.32 Å². The largest absolute Gasteiger partial charge is 0.379 e. The van der Waals surface area contributed by atoms with Crippen molar-refractivity contribution in [2.24, 2.45) is 0 Å². The summed E-state index contributed by atoms with van der Waals surface area (Å²) in [5, 5.41) is 4.63. The minimum absolute atomic E-state index is 0.338. The molecule has 0 atom stereocenters. The number of hydrogen-bond acceptors (Lipinski definition) is 1. The molecule has 0 aliphatic carbocycles. The van der Waals surface area contributed by atoms with Crippen LogP contribution in [-0.4, -0.2) is 0 Å². The molecule has 0 aliphatic heterocycles. The van der Waals surface area contributed by atoms with E-state index in [0.29, 0.717) is 37.9 Å². The fraction of sp³-hybridized carbons (Fsp3) is 0.0769. The fourth-order valence-electron chi connectivity index (χ4n) is 1.61. The lowest BCUT2D eigenvalue weighted by molar-refractivity contribution is 0.626. The lowest BCUT2D eigenvalue weighted by Gasteiger charge is -2.11. The average molecular weight is 339 g/mol. The third kappa shape index (κ3) is 3.90. The Bertz CT molecular complexity index is 572. The van der Waals surface area contributed by atoms with Crippen molar-refractivity contribution in [1.29, 1.82) is 0 Å². The number of nitrogens with one attached hydrogen (secondary N) is 1. The van der Waals surface area contributed by atoms with Crippen LogP contribution in [0.1, 0.15) is 5.56 Å². The molecule has 0 aliphatic rings. The molecule has 0 saturated heterocycles. The van der Waals surface area contributed by atoms with E-state index in [1.165, 1.54) is 12.1 Å². The van der Waals surface area contributed by atoms with Crippen molar-refractivity contribution >= 4 is 52.1 Å². The van der Waals surface area contributed by atoms with Crippen LogP contribution in [0.5, 0.6) is 0 Å². The van der Waals surface area contributed by atoms with Gasteiger partial charge >= 0.3 is 0 Å². The van der Waals surface area contributed by atoms with Crippen molar-refractivity contribution in [1.82, 2.24) is 0 Å². The Balaban J connectivity index is 2.19. The summed E-state index contributed by atoms with van der Waals surface area (Å²) in [6.45, 7) is 0.346. The third-order valence-corrected chi connectivity index (χ3v) is 3.43. The summed E-state index contributed by atoms with van der Waals surface area (Å²) in [6.07, 6.45) is 0. The zero-order valence-electron chi connectivity index (χ0n) is 9.48. The van der Waals surface area contributed by atoms with Gasteiger partial charge in [0.2, 0.25) is 0 Å². The van der Waals surface area contributed by atoms with E-state index in [-0.39, 0.29) is 0 Å². The highest BCUT2D eigenvalue weighted by Gasteiger charge is 2.08. The second-order valence-electron chi connectivity index (χ2n) is 3.88. The van der Waals surface area contributed by atoms with Crippen LogP contribution in [0.4, 0.5) is 10.1 Å². The molecule has 2 aromatic carbocycles. The molecule has 0 unspecified atom stereocenters. The van der Waals surface area contributed by atoms with Gasteiger partial charge in [-0.25, -0.2) is 4.39 Å². The number of hydrogen-bond donors (Lipinski definition) is 1. The number of rotatable bonds is 3. The van der Waals surface area contributed by atoms with Crippen molar-refractivity contribution in [3.63, 3.8) is 0 Å². The topological polar surface area (TPSA) is 12.0 Å². The highest BCUT2D eigenvalue weighted by Crippen LogP contribution is 2.34. The standard InChI is InChI=1S/C13H8Cl4FN/c14-8-1-7(2-10(18)3-8)6-19-13-11(16)4-9(15)5-12(13)17/h1-5,19H,6H2. The zero-order chi connectivity index (χ0) is 14.0. The first kappa shape index (κ1) is 14.7. The number of halogens is 5. The van der Waals surface area contributed by atoms with Crippen molar-refractivity contribution in [3.05, 3.63) is 61.8 Å². The highest BCUT2D eigenvalue weighted by atomic mass is 35.5. The van der Waals surface area contributed by atoms with E-state index in [1.807, 2.05) is 0 Å². The van der Waals surface area contributed by atoms with Gasteiger partial charge in [-0.15, -0.1) is 0 Å². The van der Waals surface area contributed by atoms with Gasteiger partial charge in [-0.05, 0) is 35.9 Å². The molecule has 0 saturated carbocycles. The summed E-state index contributed by atoms with van der Waals surface area (Å²) >= 11 is 23.7. The minimum atomic E-state index is -0.391. The van der Waals surface area contributed by atoms with Crippen LogP contribution >= 0.6 is 46.4 Å². The van der Waals surface area contributed by atoms with Gasteiger partial charge < -0.3 is 5.32 Å². The van der Waals surface area contributed by atoms with Crippen molar-refractivity contribution in [2.45, 2.75) is 6.54 Å². The van der Waals surface area contributed by atoms with Gasteiger partial charge in [0, 0.05) is 16.6 Å². The number of anilines is 1. The zero-order valence-corrected chi connectivity index (χ0v) is 12.5. The molecule has 2 rings (SSSR count). The first-order chi connectivity index (χ1) is 8.95. The first-order valence-corrected chi connectivity index (χ1v) is 6.80. The first-order valence-electron chi connectivity index (χ1n) is 5.29. The van der Waals surface area contributed by atoms with Gasteiger partial charge in [0.1, 0.15) is 5.82 Å². The van der Waals surface area contributed by atoms with Crippen molar-refractivity contribution < 1.29 is 4.39 Å². The summed E-state index contributed by atoms with van der Waals surface area (Å²) in [6, 6.07) is 7.45. The molecule has 0 amide bonds. The lowest BCUT2D eigenvalue weighted by atomic mass is 10.2. The quantitative estimate of drug-likeness (QED) is 0.718. The van der Waals surface area contributed by atoms with Gasteiger partial charge in [0.25, 0.3) is 0 Å². The van der Waals surface area contributed by atoms with Crippen molar-refractivity contribution in [2.75, 3.05) is 5.32 Å². The van der Waals surface area contributed by atoms with Crippen LogP contribution in [-0.2, 0) is 6.54 Å². The van der Waals surface area contributed by atoms with Gasteiger partial charge in [-0.1, -0.05) is 46.4 Å². The molecule has 6 heteroatoms. The Morgan fingerprint density at radius 2 is 1.42 bits per heavy atom. The van der Waals surface area contributed by atoms with E-state index in [1.54, 1.807) is 18.2 Å². The molecule has 0 bridgehead atoms. The maximum absolute atomic E-state index is 13.2. The Labute approximate surface area is 130 Å². The molecule has 0 heterocycles. The Morgan fingerprint density at radius 3 is 2.00 bits per heavy atom. The summed E-state index contributed by atoms with van der Waals surface area (Å²) < 4.78 is 13.2. The van der Waals surface area contributed by atoms with E-state index < -0.39 is 5.82 Å². The average Bonchev–Trinajstić information content (AvgIpc) is 2.25. The molecule has 100 valence electrons. The summed E-state index contributed by atoms with van der Waals surface area (Å²) in [5.74, 6) is -0.391. The highest BCUT2D eigenvalue weighted by molar-refractivity contribution is 6.41. The molecule has 0 spiro atoms. The van der Waals surface area contributed by atoms with Crippen molar-refractivity contribution in [3.8, 4) is 0 Å². The SMILES string of the molecule is Fc1cc(Cl)cc(CNc2c(Cl)cc(Cl)cc2Cl)c1. The normalized spacial score (nSPS) is 10.6. The molecule has 1 nitrogen and oxygen atoms in total. The summed E-state index contributed by atoms with van der Waals surface area (Å²) in [7, 11) is 0. The van der Waals surface area contributed by atoms with Crippen LogP contribution in [0.3, 0.4) is 0 Å². The fourth-order valence-corrected chi connectivity index (χ4v) is 2.81. The molecule has 0 radical (unpaired) electrons. The van der Waals surface area contributed by atoms with Gasteiger partial charge in [0.05, 0.1) is 15.7 Å². The summed E-state index contributed by atoms with van der Waals surface area (Å²) in [5.41, 5.74) is 1.24. The van der Waals surface area contributed by atoms with Crippen LogP contribution in [0.2, 0.25) is 20.1 Å². The van der Waals surface area contributed by atoms with Gasteiger partial charge in [0.15, 0.2) is 0 Å². The third-order valence-electron chi connectivity index (χ3n) is 2.40. The minimum Gasteiger partial charge on any atom is -0.379 e. The van der Waals surface area contributed by atoms with Crippen LogP contribution < -0.4 is 5.32 Å². The summed E-state index contributed by atoms with van der Waals surface area (Å²) in [4.78, 5) is 0. The number of benzene rings is 2. The Morgan fingerprint density at radius 1 is 0.842 bits per heavy atom. The molecule has 1 N–H and O–H groups in total. The molecular weight excluding hydrogens is 331 g/mol. The predicted octanol–water partition coefficient (Wildman–Crippen LogP) is 6.05. The lowest BCUT2D eigenvalue weighted by Crippen LogP contribution is -2.01. The molecule has 19 heavy (non-hydrogen) atoms. The second-order valence-corrected chi connectivity index (χ2v) is 5.56.